The van der Waals surface area contributed by atoms with Gasteiger partial charge in [-0.25, -0.2) is 4.79 Å². The highest BCUT2D eigenvalue weighted by atomic mass is 16.5. The van der Waals surface area contributed by atoms with Crippen LogP contribution < -0.4 is 5.73 Å². The topological polar surface area (TPSA) is 92.9 Å². The van der Waals surface area contributed by atoms with E-state index in [0.29, 0.717) is 13.0 Å². The number of likely N-dealkylation sites (tertiary alicyclic amines) is 1. The molecule has 114 valence electrons. The van der Waals surface area contributed by atoms with E-state index in [0.717, 1.165) is 5.56 Å². The Hall–Kier alpha value is -1.92. The number of benzene rings is 1. The van der Waals surface area contributed by atoms with Crippen molar-refractivity contribution in [3.8, 4) is 0 Å². The van der Waals surface area contributed by atoms with Crippen LogP contribution in [0.5, 0.6) is 0 Å². The van der Waals surface area contributed by atoms with Crippen molar-refractivity contribution in [2.45, 2.75) is 31.0 Å². The smallest absolute Gasteiger partial charge is 0.326 e. The Labute approximate surface area is 123 Å². The van der Waals surface area contributed by atoms with Crippen molar-refractivity contribution >= 4 is 11.9 Å². The lowest BCUT2D eigenvalue weighted by Crippen LogP contribution is -2.41. The van der Waals surface area contributed by atoms with Gasteiger partial charge < -0.3 is 20.5 Å². The Balaban J connectivity index is 2.03. The molecular formula is C15H20N2O4. The van der Waals surface area contributed by atoms with Crippen LogP contribution in [0.2, 0.25) is 0 Å². The first-order chi connectivity index (χ1) is 10.0. The van der Waals surface area contributed by atoms with Crippen molar-refractivity contribution < 1.29 is 19.4 Å². The molecule has 1 aliphatic rings. The highest BCUT2D eigenvalue weighted by Crippen LogP contribution is 2.23. The van der Waals surface area contributed by atoms with Gasteiger partial charge in [-0.15, -0.1) is 0 Å². The molecule has 0 bridgehead atoms. The second-order valence-electron chi connectivity index (χ2n) is 5.21. The zero-order chi connectivity index (χ0) is 15.4. The summed E-state index contributed by atoms with van der Waals surface area (Å²) in [4.78, 5) is 24.9. The zero-order valence-corrected chi connectivity index (χ0v) is 11.9. The van der Waals surface area contributed by atoms with Gasteiger partial charge in [-0.2, -0.15) is 0 Å². The van der Waals surface area contributed by atoms with Crippen LogP contribution in [0.1, 0.15) is 24.4 Å². The number of amides is 1. The van der Waals surface area contributed by atoms with Crippen molar-refractivity contribution in [1.82, 2.24) is 4.90 Å². The van der Waals surface area contributed by atoms with E-state index >= 15 is 0 Å². The number of rotatable bonds is 5. The average Bonchev–Trinajstić information content (AvgIpc) is 2.92. The Morgan fingerprint density at radius 3 is 2.67 bits per heavy atom. The van der Waals surface area contributed by atoms with Gasteiger partial charge in [-0.1, -0.05) is 30.3 Å². The van der Waals surface area contributed by atoms with E-state index in [9.17, 15) is 14.7 Å². The summed E-state index contributed by atoms with van der Waals surface area (Å²) < 4.78 is 5.17. The second kappa shape index (κ2) is 6.69. The SMILES string of the molecule is COC1CC(C(=O)O)N(C(=O)CC(N)c2ccccc2)C1. The molecule has 6 nitrogen and oxygen atoms in total. The van der Waals surface area contributed by atoms with Gasteiger partial charge in [0.25, 0.3) is 0 Å². The summed E-state index contributed by atoms with van der Waals surface area (Å²) in [6.45, 7) is 0.299. The number of carbonyl (C=O) groups excluding carboxylic acids is 1. The van der Waals surface area contributed by atoms with Gasteiger partial charge in [-0.05, 0) is 5.56 Å². The van der Waals surface area contributed by atoms with Crippen LogP contribution in [0.15, 0.2) is 30.3 Å². The summed E-state index contributed by atoms with van der Waals surface area (Å²) in [5, 5.41) is 9.22. The maximum Gasteiger partial charge on any atom is 0.326 e. The fraction of sp³-hybridized carbons (Fsp3) is 0.467. The summed E-state index contributed by atoms with van der Waals surface area (Å²) in [7, 11) is 1.52. The van der Waals surface area contributed by atoms with Crippen LogP contribution in [0, 0.1) is 0 Å². The van der Waals surface area contributed by atoms with Crippen LogP contribution in [-0.4, -0.2) is 47.7 Å². The molecule has 3 unspecified atom stereocenters. The monoisotopic (exact) mass is 292 g/mol. The minimum absolute atomic E-state index is 0.0875. The Bertz CT molecular complexity index is 506. The van der Waals surface area contributed by atoms with Gasteiger partial charge in [0.05, 0.1) is 6.10 Å². The maximum absolute atomic E-state index is 12.3. The van der Waals surface area contributed by atoms with E-state index in [2.05, 4.69) is 0 Å². The van der Waals surface area contributed by atoms with Gasteiger partial charge in [0, 0.05) is 32.5 Å². The van der Waals surface area contributed by atoms with E-state index in [1.54, 1.807) is 0 Å². The highest BCUT2D eigenvalue weighted by molar-refractivity contribution is 5.84. The molecule has 0 aliphatic carbocycles. The fourth-order valence-electron chi connectivity index (χ4n) is 2.60. The Morgan fingerprint density at radius 1 is 1.43 bits per heavy atom. The quantitative estimate of drug-likeness (QED) is 0.836. The Kier molecular flexibility index (Phi) is 4.93. The number of hydrogen-bond donors (Lipinski definition) is 2. The van der Waals surface area contributed by atoms with E-state index in [1.165, 1.54) is 12.0 Å². The van der Waals surface area contributed by atoms with E-state index in [1.807, 2.05) is 30.3 Å². The molecule has 1 amide bonds. The zero-order valence-electron chi connectivity index (χ0n) is 11.9. The molecule has 1 aliphatic heterocycles. The molecule has 0 aromatic heterocycles. The van der Waals surface area contributed by atoms with Crippen LogP contribution in [-0.2, 0) is 14.3 Å². The Morgan fingerprint density at radius 2 is 2.10 bits per heavy atom. The fourth-order valence-corrected chi connectivity index (χ4v) is 2.60. The molecular weight excluding hydrogens is 272 g/mol. The van der Waals surface area contributed by atoms with E-state index < -0.39 is 18.1 Å². The number of carboxylic acids is 1. The molecule has 1 saturated heterocycles. The van der Waals surface area contributed by atoms with Crippen molar-refractivity contribution in [3.63, 3.8) is 0 Å². The molecule has 1 heterocycles. The molecule has 0 saturated carbocycles. The molecule has 21 heavy (non-hydrogen) atoms. The lowest BCUT2D eigenvalue weighted by molar-refractivity contribution is -0.148. The van der Waals surface area contributed by atoms with Gasteiger partial charge in [0.2, 0.25) is 5.91 Å². The predicted molar refractivity (Wildman–Crippen MR) is 76.5 cm³/mol. The highest BCUT2D eigenvalue weighted by Gasteiger charge is 2.39. The standard InChI is InChI=1S/C15H20N2O4/c1-21-11-7-13(15(19)20)17(9-11)14(18)8-12(16)10-5-3-2-4-6-10/h2-6,11-13H,7-9,16H2,1H3,(H,19,20). The number of carboxylic acid groups (broad SMARTS) is 1. The third-order valence-electron chi connectivity index (χ3n) is 3.82. The first-order valence-corrected chi connectivity index (χ1v) is 6.88. The lowest BCUT2D eigenvalue weighted by atomic mass is 10.0. The number of aliphatic carboxylic acids is 1. The van der Waals surface area contributed by atoms with Crippen molar-refractivity contribution in [1.29, 1.82) is 0 Å². The summed E-state index contributed by atoms with van der Waals surface area (Å²) in [6, 6.07) is 8.04. The molecule has 1 fully saturated rings. The van der Waals surface area contributed by atoms with Gasteiger partial charge in [-0.3, -0.25) is 4.79 Å². The molecule has 0 spiro atoms. The van der Waals surface area contributed by atoms with Gasteiger partial charge >= 0.3 is 5.97 Å². The largest absolute Gasteiger partial charge is 0.480 e. The average molecular weight is 292 g/mol. The van der Waals surface area contributed by atoms with Gasteiger partial charge in [0.15, 0.2) is 0 Å². The second-order valence-corrected chi connectivity index (χ2v) is 5.21. The predicted octanol–water partition coefficient (Wildman–Crippen LogP) is 0.777. The van der Waals surface area contributed by atoms with Crippen molar-refractivity contribution in [2.24, 2.45) is 5.73 Å². The third kappa shape index (κ3) is 3.59. The minimum atomic E-state index is -1.00. The lowest BCUT2D eigenvalue weighted by Gasteiger charge is -2.23. The van der Waals surface area contributed by atoms with Crippen LogP contribution in [0.4, 0.5) is 0 Å². The third-order valence-corrected chi connectivity index (χ3v) is 3.82. The minimum Gasteiger partial charge on any atom is -0.480 e. The molecule has 1 aromatic rings. The molecule has 3 atom stereocenters. The first-order valence-electron chi connectivity index (χ1n) is 6.88. The molecule has 6 heteroatoms. The summed E-state index contributed by atoms with van der Waals surface area (Å²) in [5.74, 6) is -1.26. The number of nitrogens with zero attached hydrogens (tertiary/aromatic N) is 1. The first kappa shape index (κ1) is 15.5. The maximum atomic E-state index is 12.3. The van der Waals surface area contributed by atoms with Crippen molar-refractivity contribution in [2.75, 3.05) is 13.7 Å². The summed E-state index contributed by atoms with van der Waals surface area (Å²) in [5.41, 5.74) is 6.89. The normalized spacial score (nSPS) is 23.0. The molecule has 1 aromatic carbocycles. The summed E-state index contributed by atoms with van der Waals surface area (Å²) in [6.07, 6.45) is 0.172. The van der Waals surface area contributed by atoms with E-state index in [4.69, 9.17) is 10.5 Å². The van der Waals surface area contributed by atoms with Gasteiger partial charge in [0.1, 0.15) is 6.04 Å². The number of carbonyl (C=O) groups is 2. The van der Waals surface area contributed by atoms with Crippen molar-refractivity contribution in [3.05, 3.63) is 35.9 Å². The molecule has 3 N–H and O–H groups in total. The molecule has 2 rings (SSSR count). The van der Waals surface area contributed by atoms with Crippen LogP contribution >= 0.6 is 0 Å². The molecule has 0 radical (unpaired) electrons. The van der Waals surface area contributed by atoms with Crippen LogP contribution in [0.25, 0.3) is 0 Å². The van der Waals surface area contributed by atoms with Crippen LogP contribution in [0.3, 0.4) is 0 Å². The number of methoxy groups -OCH3 is 1. The number of hydrogen-bond acceptors (Lipinski definition) is 4. The number of ether oxygens (including phenoxy) is 1. The summed E-state index contributed by atoms with van der Waals surface area (Å²) >= 11 is 0. The van der Waals surface area contributed by atoms with E-state index in [-0.39, 0.29) is 18.4 Å². The number of nitrogens with two attached hydrogens (primary N) is 1.